The fourth-order valence-corrected chi connectivity index (χ4v) is 1.76. The molecule has 0 saturated carbocycles. The monoisotopic (exact) mass is 195 g/mol. The van der Waals surface area contributed by atoms with Crippen molar-refractivity contribution in [2.45, 2.75) is 6.42 Å². The lowest BCUT2D eigenvalue weighted by molar-refractivity contribution is 0.429. The molecule has 4 N–H and O–H groups in total. The minimum Gasteiger partial charge on any atom is -0.393 e. The molecule has 0 amide bonds. The summed E-state index contributed by atoms with van der Waals surface area (Å²) in [5.74, 6) is 0.201. The van der Waals surface area contributed by atoms with Gasteiger partial charge < -0.3 is 16.0 Å². The molecule has 4 nitrogen and oxygen atoms in total. The number of rotatable bonds is 2. The van der Waals surface area contributed by atoms with Gasteiger partial charge >= 0.3 is 0 Å². The van der Waals surface area contributed by atoms with E-state index in [0.29, 0.717) is 17.8 Å². The summed E-state index contributed by atoms with van der Waals surface area (Å²) < 4.78 is 4.75. The number of nitrogens with two attached hydrogens (primary N) is 2. The van der Waals surface area contributed by atoms with E-state index in [2.05, 4.69) is 5.16 Å². The normalized spacial score (nSPS) is 10.5. The van der Waals surface area contributed by atoms with Crippen LogP contribution in [0.15, 0.2) is 22.0 Å². The molecule has 0 spiro atoms. The van der Waals surface area contributed by atoms with E-state index >= 15 is 0 Å². The first-order chi connectivity index (χ1) is 6.27. The number of hydrogen-bond donors (Lipinski definition) is 2. The number of anilines is 2. The van der Waals surface area contributed by atoms with Crippen LogP contribution in [0.25, 0.3) is 0 Å². The van der Waals surface area contributed by atoms with Crippen LogP contribution in [0.1, 0.15) is 10.6 Å². The summed E-state index contributed by atoms with van der Waals surface area (Å²) in [6.45, 7) is 0. The minimum atomic E-state index is 0.201. The molecule has 13 heavy (non-hydrogen) atoms. The van der Waals surface area contributed by atoms with Crippen LogP contribution >= 0.6 is 11.3 Å². The summed E-state index contributed by atoms with van der Waals surface area (Å²) in [6, 6.07) is 4.01. The van der Waals surface area contributed by atoms with Crippen molar-refractivity contribution >= 4 is 22.9 Å². The van der Waals surface area contributed by atoms with Crippen molar-refractivity contribution in [3.8, 4) is 0 Å². The SMILES string of the molecule is Nc1onc(Cc2cccs2)c1N. The van der Waals surface area contributed by atoms with E-state index in [1.165, 1.54) is 4.88 Å². The molecule has 0 radical (unpaired) electrons. The van der Waals surface area contributed by atoms with Crippen LogP contribution in [-0.4, -0.2) is 5.16 Å². The fraction of sp³-hybridized carbons (Fsp3) is 0.125. The fourth-order valence-electron chi connectivity index (χ4n) is 1.05. The van der Waals surface area contributed by atoms with Gasteiger partial charge in [0.05, 0.1) is 0 Å². The van der Waals surface area contributed by atoms with E-state index in [1.807, 2.05) is 17.5 Å². The van der Waals surface area contributed by atoms with Gasteiger partial charge in [0.1, 0.15) is 11.4 Å². The molecule has 2 aromatic rings. The zero-order valence-electron chi connectivity index (χ0n) is 6.86. The molecule has 0 aliphatic rings. The Morgan fingerprint density at radius 1 is 1.46 bits per heavy atom. The summed E-state index contributed by atoms with van der Waals surface area (Å²) in [5, 5.41) is 5.78. The van der Waals surface area contributed by atoms with Crippen molar-refractivity contribution < 1.29 is 4.52 Å². The van der Waals surface area contributed by atoms with E-state index < -0.39 is 0 Å². The molecule has 0 fully saturated rings. The van der Waals surface area contributed by atoms with E-state index in [1.54, 1.807) is 11.3 Å². The molecule has 0 unspecified atom stereocenters. The van der Waals surface area contributed by atoms with Crippen molar-refractivity contribution in [1.82, 2.24) is 5.16 Å². The highest BCUT2D eigenvalue weighted by molar-refractivity contribution is 7.09. The number of nitrogens with zero attached hydrogens (tertiary/aromatic N) is 1. The lowest BCUT2D eigenvalue weighted by Gasteiger charge is -1.92. The highest BCUT2D eigenvalue weighted by Crippen LogP contribution is 2.23. The first kappa shape index (κ1) is 8.12. The van der Waals surface area contributed by atoms with Gasteiger partial charge in [-0.05, 0) is 11.4 Å². The second kappa shape index (κ2) is 3.10. The second-order valence-corrected chi connectivity index (χ2v) is 3.70. The largest absolute Gasteiger partial charge is 0.393 e. The van der Waals surface area contributed by atoms with Crippen LogP contribution in [0.2, 0.25) is 0 Å². The van der Waals surface area contributed by atoms with Gasteiger partial charge in [-0.1, -0.05) is 11.2 Å². The van der Waals surface area contributed by atoms with Crippen LogP contribution < -0.4 is 11.5 Å². The second-order valence-electron chi connectivity index (χ2n) is 2.66. The van der Waals surface area contributed by atoms with Gasteiger partial charge in [0.15, 0.2) is 0 Å². The van der Waals surface area contributed by atoms with Gasteiger partial charge in [0, 0.05) is 11.3 Å². The third-order valence-electron chi connectivity index (χ3n) is 1.75. The van der Waals surface area contributed by atoms with Crippen molar-refractivity contribution in [2.75, 3.05) is 11.5 Å². The maximum atomic E-state index is 5.64. The quantitative estimate of drug-likeness (QED) is 0.761. The van der Waals surface area contributed by atoms with Gasteiger partial charge in [-0.25, -0.2) is 0 Å². The van der Waals surface area contributed by atoms with Crippen LogP contribution in [0.3, 0.4) is 0 Å². The zero-order valence-corrected chi connectivity index (χ0v) is 7.67. The number of hydrogen-bond acceptors (Lipinski definition) is 5. The summed E-state index contributed by atoms with van der Waals surface area (Å²) in [5.41, 5.74) is 12.2. The molecule has 2 aromatic heterocycles. The first-order valence-corrected chi connectivity index (χ1v) is 4.67. The molecule has 68 valence electrons. The van der Waals surface area contributed by atoms with Crippen molar-refractivity contribution in [1.29, 1.82) is 0 Å². The average molecular weight is 195 g/mol. The topological polar surface area (TPSA) is 78.1 Å². The van der Waals surface area contributed by atoms with E-state index in [4.69, 9.17) is 16.0 Å². The molecule has 2 heterocycles. The Morgan fingerprint density at radius 2 is 2.31 bits per heavy atom. The highest BCUT2D eigenvalue weighted by atomic mass is 32.1. The summed E-state index contributed by atoms with van der Waals surface area (Å²) in [7, 11) is 0. The average Bonchev–Trinajstić information content (AvgIpc) is 2.71. The van der Waals surface area contributed by atoms with Crippen molar-refractivity contribution in [2.24, 2.45) is 0 Å². The van der Waals surface area contributed by atoms with Gasteiger partial charge in [0.2, 0.25) is 5.88 Å². The molecule has 0 saturated heterocycles. The van der Waals surface area contributed by atoms with Gasteiger partial charge in [0.25, 0.3) is 0 Å². The van der Waals surface area contributed by atoms with Gasteiger partial charge in [-0.15, -0.1) is 11.3 Å². The molecule has 0 aromatic carbocycles. The van der Waals surface area contributed by atoms with Crippen molar-refractivity contribution in [3.05, 3.63) is 28.1 Å². The Bertz CT molecular complexity index is 393. The van der Waals surface area contributed by atoms with E-state index in [-0.39, 0.29) is 5.88 Å². The molecule has 2 rings (SSSR count). The lowest BCUT2D eigenvalue weighted by atomic mass is 10.2. The predicted octanol–water partition coefficient (Wildman–Crippen LogP) is 1.49. The maximum Gasteiger partial charge on any atom is 0.245 e. The molecule has 0 aliphatic heterocycles. The maximum absolute atomic E-state index is 5.64. The molecule has 5 heteroatoms. The standard InChI is InChI=1S/C8H9N3OS/c9-7-6(11-12-8(7)10)4-5-2-1-3-13-5/h1-3H,4,9-10H2. The molecule has 0 bridgehead atoms. The van der Waals surface area contributed by atoms with Crippen LogP contribution in [0.4, 0.5) is 11.6 Å². The molecular weight excluding hydrogens is 186 g/mol. The predicted molar refractivity (Wildman–Crippen MR) is 52.5 cm³/mol. The number of thiophene rings is 1. The van der Waals surface area contributed by atoms with Crippen LogP contribution in [0.5, 0.6) is 0 Å². The number of nitrogen functional groups attached to an aromatic ring is 2. The lowest BCUT2D eigenvalue weighted by Crippen LogP contribution is -1.94. The minimum absolute atomic E-state index is 0.201. The summed E-state index contributed by atoms with van der Waals surface area (Å²) in [6.07, 6.45) is 0.685. The van der Waals surface area contributed by atoms with Gasteiger partial charge in [-0.3, -0.25) is 0 Å². The Balaban J connectivity index is 2.24. The van der Waals surface area contributed by atoms with E-state index in [0.717, 1.165) is 0 Å². The van der Waals surface area contributed by atoms with Crippen LogP contribution in [-0.2, 0) is 6.42 Å². The first-order valence-electron chi connectivity index (χ1n) is 3.79. The molecule has 0 atom stereocenters. The number of aromatic nitrogens is 1. The Hall–Kier alpha value is -1.49. The smallest absolute Gasteiger partial charge is 0.245 e. The third kappa shape index (κ3) is 1.50. The summed E-state index contributed by atoms with van der Waals surface area (Å²) in [4.78, 5) is 1.19. The highest BCUT2D eigenvalue weighted by Gasteiger charge is 2.10. The van der Waals surface area contributed by atoms with Crippen LogP contribution in [0, 0.1) is 0 Å². The zero-order chi connectivity index (χ0) is 9.26. The molecule has 0 aliphatic carbocycles. The summed E-state index contributed by atoms with van der Waals surface area (Å²) >= 11 is 1.66. The molecular formula is C8H9N3OS. The Labute approximate surface area is 79.1 Å². The van der Waals surface area contributed by atoms with E-state index in [9.17, 15) is 0 Å². The van der Waals surface area contributed by atoms with Gasteiger partial charge in [-0.2, -0.15) is 0 Å². The Morgan fingerprint density at radius 3 is 2.85 bits per heavy atom. The third-order valence-corrected chi connectivity index (χ3v) is 2.63. The Kier molecular flexibility index (Phi) is 1.94. The van der Waals surface area contributed by atoms with Crippen molar-refractivity contribution in [3.63, 3.8) is 0 Å².